The van der Waals surface area contributed by atoms with Crippen LogP contribution in [-0.4, -0.2) is 16.6 Å². The first-order valence-electron chi connectivity index (χ1n) is 5.26. The van der Waals surface area contributed by atoms with E-state index >= 15 is 0 Å². The summed E-state index contributed by atoms with van der Waals surface area (Å²) in [7, 11) is 0. The van der Waals surface area contributed by atoms with Crippen LogP contribution in [0, 0.1) is 0 Å². The molecule has 82 valence electrons. The Morgan fingerprint density at radius 2 is 2.13 bits per heavy atom. The van der Waals surface area contributed by atoms with E-state index in [1.165, 1.54) is 6.42 Å². The maximum atomic E-state index is 5.77. The fourth-order valence-electron chi connectivity index (χ4n) is 1.81. The molecule has 1 aromatic rings. The number of rotatable bonds is 2. The minimum absolute atomic E-state index is 0.302. The molecule has 4 heteroatoms. The van der Waals surface area contributed by atoms with Gasteiger partial charge in [-0.3, -0.25) is 0 Å². The first kappa shape index (κ1) is 10.8. The molecular weight excluding hydrogens is 212 g/mol. The number of halogens is 1. The van der Waals surface area contributed by atoms with E-state index in [1.807, 2.05) is 0 Å². The quantitative estimate of drug-likeness (QED) is 0.728. The van der Waals surface area contributed by atoms with E-state index < -0.39 is 0 Å². The summed E-state index contributed by atoms with van der Waals surface area (Å²) < 4.78 is 5.77. The Hall–Kier alpha value is -0.670. The maximum absolute atomic E-state index is 5.77. The third kappa shape index (κ3) is 2.29. The Labute approximate surface area is 94.8 Å². The third-order valence-corrected chi connectivity index (χ3v) is 3.11. The molecular formula is C11H15ClN2O. The monoisotopic (exact) mass is 226 g/mol. The summed E-state index contributed by atoms with van der Waals surface area (Å²) >= 11 is 5.69. The van der Waals surface area contributed by atoms with Crippen molar-refractivity contribution >= 4 is 11.6 Å². The number of hydrogen-bond donors (Lipinski definition) is 0. The molecule has 2 heterocycles. The average Bonchev–Trinajstić information content (AvgIpc) is 2.30. The van der Waals surface area contributed by atoms with E-state index in [9.17, 15) is 0 Å². The van der Waals surface area contributed by atoms with E-state index in [4.69, 9.17) is 16.3 Å². The molecule has 0 aliphatic carbocycles. The van der Waals surface area contributed by atoms with E-state index in [-0.39, 0.29) is 5.60 Å². The summed E-state index contributed by atoms with van der Waals surface area (Å²) in [5.74, 6) is 1.23. The highest BCUT2D eigenvalue weighted by Crippen LogP contribution is 2.32. The Morgan fingerprint density at radius 3 is 2.67 bits per heavy atom. The van der Waals surface area contributed by atoms with E-state index in [1.54, 1.807) is 12.4 Å². The van der Waals surface area contributed by atoms with Gasteiger partial charge in [-0.15, -0.1) is 11.6 Å². The van der Waals surface area contributed by atoms with Crippen LogP contribution < -0.4 is 0 Å². The van der Waals surface area contributed by atoms with Crippen molar-refractivity contribution < 1.29 is 4.74 Å². The highest BCUT2D eigenvalue weighted by atomic mass is 35.5. The van der Waals surface area contributed by atoms with Crippen LogP contribution in [0.1, 0.15) is 37.6 Å². The van der Waals surface area contributed by atoms with Crippen molar-refractivity contribution in [3.63, 3.8) is 0 Å². The average molecular weight is 227 g/mol. The molecule has 0 spiro atoms. The van der Waals surface area contributed by atoms with E-state index in [2.05, 4.69) is 16.9 Å². The standard InChI is InChI=1S/C11H15ClN2O/c1-11(4-2-3-5-15-11)10-13-7-9(6-12)8-14-10/h7-8H,2-6H2,1H3. The van der Waals surface area contributed by atoms with Gasteiger partial charge in [-0.1, -0.05) is 0 Å². The molecule has 1 fully saturated rings. The summed E-state index contributed by atoms with van der Waals surface area (Å²) in [5, 5.41) is 0. The van der Waals surface area contributed by atoms with Gasteiger partial charge < -0.3 is 4.74 Å². The van der Waals surface area contributed by atoms with Gasteiger partial charge in [-0.2, -0.15) is 0 Å². The molecule has 0 N–H and O–H groups in total. The Morgan fingerprint density at radius 1 is 1.40 bits per heavy atom. The van der Waals surface area contributed by atoms with Crippen LogP contribution in [0.25, 0.3) is 0 Å². The predicted octanol–water partition coefficient (Wildman–Crippen LogP) is 2.63. The third-order valence-electron chi connectivity index (χ3n) is 2.80. The zero-order chi connectivity index (χ0) is 10.7. The van der Waals surface area contributed by atoms with Gasteiger partial charge >= 0.3 is 0 Å². The molecule has 0 amide bonds. The first-order chi connectivity index (χ1) is 7.24. The second-order valence-electron chi connectivity index (χ2n) is 4.08. The minimum atomic E-state index is -0.302. The number of alkyl halides is 1. The van der Waals surface area contributed by atoms with Crippen LogP contribution in [-0.2, 0) is 16.2 Å². The van der Waals surface area contributed by atoms with Gasteiger partial charge in [-0.25, -0.2) is 9.97 Å². The smallest absolute Gasteiger partial charge is 0.159 e. The van der Waals surface area contributed by atoms with Crippen molar-refractivity contribution in [1.29, 1.82) is 0 Å². The summed E-state index contributed by atoms with van der Waals surface area (Å²) in [6, 6.07) is 0. The lowest BCUT2D eigenvalue weighted by Gasteiger charge is -2.32. The zero-order valence-electron chi connectivity index (χ0n) is 8.87. The second kappa shape index (κ2) is 4.45. The van der Waals surface area contributed by atoms with Crippen LogP contribution in [0.15, 0.2) is 12.4 Å². The molecule has 1 atom stereocenters. The number of ether oxygens (including phenoxy) is 1. The van der Waals surface area contributed by atoms with Gasteiger partial charge in [0.1, 0.15) is 5.60 Å². The SMILES string of the molecule is CC1(c2ncc(CCl)cn2)CCCCO1. The van der Waals surface area contributed by atoms with Gasteiger partial charge in [0.25, 0.3) is 0 Å². The molecule has 0 saturated carbocycles. The fourth-order valence-corrected chi connectivity index (χ4v) is 1.95. The lowest BCUT2D eigenvalue weighted by Crippen LogP contribution is -2.32. The molecule has 1 saturated heterocycles. The second-order valence-corrected chi connectivity index (χ2v) is 4.35. The molecule has 3 nitrogen and oxygen atoms in total. The summed E-state index contributed by atoms with van der Waals surface area (Å²) in [5.41, 5.74) is 0.642. The normalized spacial score (nSPS) is 26.5. The summed E-state index contributed by atoms with van der Waals surface area (Å²) in [6.45, 7) is 2.86. The van der Waals surface area contributed by atoms with Gasteiger partial charge in [-0.05, 0) is 26.2 Å². The van der Waals surface area contributed by atoms with Crippen molar-refractivity contribution in [1.82, 2.24) is 9.97 Å². The molecule has 15 heavy (non-hydrogen) atoms. The summed E-state index contributed by atoms with van der Waals surface area (Å²) in [6.07, 6.45) is 6.86. The molecule has 1 unspecified atom stereocenters. The van der Waals surface area contributed by atoms with Crippen molar-refractivity contribution in [2.45, 2.75) is 37.7 Å². The van der Waals surface area contributed by atoms with Crippen molar-refractivity contribution in [3.05, 3.63) is 23.8 Å². The van der Waals surface area contributed by atoms with Crippen LogP contribution in [0.5, 0.6) is 0 Å². The summed E-state index contributed by atoms with van der Waals surface area (Å²) in [4.78, 5) is 8.65. The lowest BCUT2D eigenvalue weighted by molar-refractivity contribution is -0.0760. The number of nitrogens with zero attached hydrogens (tertiary/aromatic N) is 2. The van der Waals surface area contributed by atoms with Crippen LogP contribution in [0.4, 0.5) is 0 Å². The largest absolute Gasteiger partial charge is 0.367 e. The first-order valence-corrected chi connectivity index (χ1v) is 5.79. The molecule has 0 bridgehead atoms. The lowest BCUT2D eigenvalue weighted by atomic mass is 9.95. The minimum Gasteiger partial charge on any atom is -0.367 e. The number of aromatic nitrogens is 2. The van der Waals surface area contributed by atoms with Crippen molar-refractivity contribution in [2.75, 3.05) is 6.61 Å². The molecule has 0 aromatic carbocycles. The predicted molar refractivity (Wildman–Crippen MR) is 58.7 cm³/mol. The van der Waals surface area contributed by atoms with Crippen LogP contribution >= 0.6 is 11.6 Å². The zero-order valence-corrected chi connectivity index (χ0v) is 9.63. The van der Waals surface area contributed by atoms with Gasteiger partial charge in [0, 0.05) is 24.6 Å². The maximum Gasteiger partial charge on any atom is 0.159 e. The van der Waals surface area contributed by atoms with Crippen molar-refractivity contribution in [2.24, 2.45) is 0 Å². The van der Waals surface area contributed by atoms with Crippen molar-refractivity contribution in [3.8, 4) is 0 Å². The van der Waals surface area contributed by atoms with Gasteiger partial charge in [0.2, 0.25) is 0 Å². The van der Waals surface area contributed by atoms with Gasteiger partial charge in [0.15, 0.2) is 5.82 Å². The van der Waals surface area contributed by atoms with E-state index in [0.29, 0.717) is 5.88 Å². The highest BCUT2D eigenvalue weighted by Gasteiger charge is 2.32. The molecule has 1 aromatic heterocycles. The van der Waals surface area contributed by atoms with Crippen LogP contribution in [0.3, 0.4) is 0 Å². The molecule has 1 aliphatic heterocycles. The Kier molecular flexibility index (Phi) is 3.22. The fraction of sp³-hybridized carbons (Fsp3) is 0.636. The van der Waals surface area contributed by atoms with E-state index in [0.717, 1.165) is 30.8 Å². The van der Waals surface area contributed by atoms with Crippen LogP contribution in [0.2, 0.25) is 0 Å². The topological polar surface area (TPSA) is 35.0 Å². The molecule has 1 aliphatic rings. The number of hydrogen-bond acceptors (Lipinski definition) is 3. The molecule has 0 radical (unpaired) electrons. The highest BCUT2D eigenvalue weighted by molar-refractivity contribution is 6.17. The Bertz CT molecular complexity index is 320. The Balaban J connectivity index is 2.20. The molecule has 2 rings (SSSR count). The van der Waals surface area contributed by atoms with Gasteiger partial charge in [0.05, 0.1) is 5.88 Å².